The van der Waals surface area contributed by atoms with E-state index >= 15 is 0 Å². The van der Waals surface area contributed by atoms with Gasteiger partial charge in [-0.1, -0.05) is 36.1 Å². The van der Waals surface area contributed by atoms with Crippen LogP contribution in [0.5, 0.6) is 0 Å². The van der Waals surface area contributed by atoms with Crippen molar-refractivity contribution in [3.05, 3.63) is 0 Å². The second-order valence-corrected chi connectivity index (χ2v) is 9.97. The van der Waals surface area contributed by atoms with Gasteiger partial charge in [0, 0.05) is 24.7 Å². The molecule has 5 rings (SSSR count). The molecule has 1 saturated heterocycles. The summed E-state index contributed by atoms with van der Waals surface area (Å²) >= 11 is 0. The summed E-state index contributed by atoms with van der Waals surface area (Å²) in [4.78, 5) is 12.6. The molecule has 1 aliphatic heterocycles. The van der Waals surface area contributed by atoms with Crippen LogP contribution in [0.15, 0.2) is 0 Å². The molecule has 4 saturated carbocycles. The molecular formula is C25H46O3. The van der Waals surface area contributed by atoms with Gasteiger partial charge in [0.15, 0.2) is 5.79 Å². The largest absolute Gasteiger partial charge is 0.348 e. The highest BCUT2D eigenvalue weighted by atomic mass is 16.7. The average Bonchev–Trinajstić information content (AvgIpc) is 3.19. The van der Waals surface area contributed by atoms with Crippen LogP contribution in [0.3, 0.4) is 0 Å². The van der Waals surface area contributed by atoms with E-state index in [4.69, 9.17) is 9.47 Å². The molecule has 0 aromatic heterocycles. The zero-order valence-electron chi connectivity index (χ0n) is 16.0. The van der Waals surface area contributed by atoms with Gasteiger partial charge in [-0.2, -0.15) is 0 Å². The smallest absolute Gasteiger partial charge is 0.168 e. The first kappa shape index (κ1) is 23.9. The van der Waals surface area contributed by atoms with Gasteiger partial charge in [0.2, 0.25) is 0 Å². The van der Waals surface area contributed by atoms with E-state index in [-0.39, 0.29) is 33.5 Å². The van der Waals surface area contributed by atoms with E-state index in [1.165, 1.54) is 32.1 Å². The number of hydrogen-bond donors (Lipinski definition) is 0. The van der Waals surface area contributed by atoms with E-state index in [2.05, 4.69) is 13.8 Å². The van der Waals surface area contributed by atoms with Crippen LogP contribution in [-0.2, 0) is 14.3 Å². The number of hydrogen-bond acceptors (Lipinski definition) is 3. The first-order valence-electron chi connectivity index (χ1n) is 10.8. The van der Waals surface area contributed by atoms with Crippen molar-refractivity contribution >= 4 is 5.78 Å². The highest BCUT2D eigenvalue weighted by Gasteiger charge is 2.62. The van der Waals surface area contributed by atoms with Crippen molar-refractivity contribution in [2.24, 2.45) is 34.5 Å². The van der Waals surface area contributed by atoms with Gasteiger partial charge in [-0.3, -0.25) is 4.79 Å². The van der Waals surface area contributed by atoms with Gasteiger partial charge in [0.1, 0.15) is 5.78 Å². The highest BCUT2D eigenvalue weighted by Crippen LogP contribution is 2.67. The molecule has 5 fully saturated rings. The number of rotatable bonds is 1. The Kier molecular flexibility index (Phi) is 6.84. The van der Waals surface area contributed by atoms with Gasteiger partial charge in [0.05, 0.1) is 13.2 Å². The van der Waals surface area contributed by atoms with Crippen molar-refractivity contribution in [2.45, 2.75) is 106 Å². The zero-order chi connectivity index (χ0) is 17.3. The number of ether oxygens (including phenoxy) is 2. The van der Waals surface area contributed by atoms with Gasteiger partial charge < -0.3 is 9.47 Å². The molecule has 3 heteroatoms. The number of fused-ring (bicyclic) bond motifs is 5. The van der Waals surface area contributed by atoms with E-state index < -0.39 is 0 Å². The summed E-state index contributed by atoms with van der Waals surface area (Å²) in [5.41, 5.74) is 0.493. The molecule has 5 aliphatic rings. The third kappa shape index (κ3) is 3.02. The molecular weight excluding hydrogens is 348 g/mol. The molecule has 0 amide bonds. The quantitative estimate of drug-likeness (QED) is 0.500. The fourth-order valence-electron chi connectivity index (χ4n) is 8.24. The molecule has 28 heavy (non-hydrogen) atoms. The Bertz CT molecular complexity index is 566. The zero-order valence-corrected chi connectivity index (χ0v) is 16.0. The van der Waals surface area contributed by atoms with Crippen LogP contribution in [0.2, 0.25) is 0 Å². The minimum Gasteiger partial charge on any atom is -0.348 e. The van der Waals surface area contributed by atoms with Crippen molar-refractivity contribution in [2.75, 3.05) is 13.2 Å². The van der Waals surface area contributed by atoms with E-state index in [0.29, 0.717) is 17.1 Å². The normalized spacial score (nSPS) is 45.7. The van der Waals surface area contributed by atoms with Crippen molar-refractivity contribution < 1.29 is 14.3 Å². The first-order valence-corrected chi connectivity index (χ1v) is 10.8. The summed E-state index contributed by atoms with van der Waals surface area (Å²) in [5.74, 6) is 3.37. The van der Waals surface area contributed by atoms with Gasteiger partial charge in [0.25, 0.3) is 0 Å². The molecule has 0 aromatic rings. The van der Waals surface area contributed by atoms with Crippen LogP contribution < -0.4 is 0 Å². The van der Waals surface area contributed by atoms with E-state index in [0.717, 1.165) is 63.1 Å². The highest BCUT2D eigenvalue weighted by molar-refractivity contribution is 5.87. The summed E-state index contributed by atoms with van der Waals surface area (Å²) < 4.78 is 12.2. The predicted molar refractivity (Wildman–Crippen MR) is 116 cm³/mol. The van der Waals surface area contributed by atoms with Crippen LogP contribution in [0.1, 0.15) is 100 Å². The Morgan fingerprint density at radius 1 is 0.929 bits per heavy atom. The minimum absolute atomic E-state index is 0. The molecule has 0 aromatic carbocycles. The first-order chi connectivity index (χ1) is 12.0. The van der Waals surface area contributed by atoms with E-state index in [1.54, 1.807) is 0 Å². The minimum atomic E-state index is -0.247. The summed E-state index contributed by atoms with van der Waals surface area (Å²) in [5, 5.41) is 0. The van der Waals surface area contributed by atoms with Crippen LogP contribution >= 0.6 is 0 Å². The maximum absolute atomic E-state index is 12.6. The van der Waals surface area contributed by atoms with E-state index in [9.17, 15) is 4.79 Å². The van der Waals surface area contributed by atoms with E-state index in [1.807, 2.05) is 0 Å². The third-order valence-corrected chi connectivity index (χ3v) is 9.55. The van der Waals surface area contributed by atoms with Crippen LogP contribution in [0.25, 0.3) is 0 Å². The topological polar surface area (TPSA) is 35.5 Å². The number of ketones is 1. The fourth-order valence-corrected chi connectivity index (χ4v) is 8.24. The van der Waals surface area contributed by atoms with Crippen molar-refractivity contribution in [1.29, 1.82) is 0 Å². The molecule has 1 heterocycles. The Morgan fingerprint density at radius 3 is 2.32 bits per heavy atom. The van der Waals surface area contributed by atoms with Crippen molar-refractivity contribution in [1.82, 2.24) is 0 Å². The fraction of sp³-hybridized carbons (Fsp3) is 0.960. The average molecular weight is 395 g/mol. The molecule has 164 valence electrons. The molecule has 0 radical (unpaired) electrons. The van der Waals surface area contributed by atoms with Gasteiger partial charge in [-0.05, 0) is 74.0 Å². The monoisotopic (exact) mass is 394 g/mol. The van der Waals surface area contributed by atoms with Crippen molar-refractivity contribution in [3.63, 3.8) is 0 Å². The molecule has 0 unspecified atom stereocenters. The standard InChI is InChI=1S/C22H34O3.3CH4/c1-3-21-10-11-22(24-12-13-25-22)14-15(21)4-5-16-17-6-7-19(23)20(17,2)9-8-18(16)21;;;/h15-18H,3-14H2,1-2H3;3*1H4/t15-,16-,17-,18-,20-,21-;;;/m0.../s1. The van der Waals surface area contributed by atoms with Crippen LogP contribution in [0, 0.1) is 34.5 Å². The molecule has 4 aliphatic carbocycles. The number of carbonyl (C=O) groups is 1. The maximum atomic E-state index is 12.6. The molecule has 3 nitrogen and oxygen atoms in total. The molecule has 1 spiro atoms. The SMILES string of the molecule is C.C.C.CC[C@]12CCC3(C[C@@H]1CC[C@@H]1[C@@H]2CC[C@]2(C)C(=O)CC[C@@H]12)OCCO3. The maximum Gasteiger partial charge on any atom is 0.168 e. The van der Waals surface area contributed by atoms with Gasteiger partial charge in [-0.15, -0.1) is 0 Å². The van der Waals surface area contributed by atoms with Crippen LogP contribution in [0.4, 0.5) is 0 Å². The second kappa shape index (κ2) is 8.02. The lowest BCUT2D eigenvalue weighted by molar-refractivity contribution is -0.232. The third-order valence-electron chi connectivity index (χ3n) is 9.55. The second-order valence-electron chi connectivity index (χ2n) is 9.97. The lowest BCUT2D eigenvalue weighted by Crippen LogP contribution is -2.57. The van der Waals surface area contributed by atoms with Gasteiger partial charge in [-0.25, -0.2) is 0 Å². The predicted octanol–water partition coefficient (Wildman–Crippen LogP) is 6.64. The number of carbonyl (C=O) groups excluding carboxylic acids is 1. The summed E-state index contributed by atoms with van der Waals surface area (Å²) in [6, 6.07) is 0. The molecule has 0 N–H and O–H groups in total. The van der Waals surface area contributed by atoms with Gasteiger partial charge >= 0.3 is 0 Å². The summed E-state index contributed by atoms with van der Waals surface area (Å²) in [7, 11) is 0. The van der Waals surface area contributed by atoms with Crippen LogP contribution in [-0.4, -0.2) is 24.8 Å². The summed E-state index contributed by atoms with van der Waals surface area (Å²) in [6.07, 6.45) is 11.9. The Morgan fingerprint density at radius 2 is 1.64 bits per heavy atom. The Labute approximate surface area is 174 Å². The summed E-state index contributed by atoms with van der Waals surface area (Å²) in [6.45, 7) is 6.28. The lowest BCUT2D eigenvalue weighted by Gasteiger charge is -2.62. The molecule has 6 atom stereocenters. The van der Waals surface area contributed by atoms with Crippen molar-refractivity contribution in [3.8, 4) is 0 Å². The Hall–Kier alpha value is -0.410. The lowest BCUT2D eigenvalue weighted by atomic mass is 9.43. The Balaban J connectivity index is 0.000000934. The molecule has 0 bridgehead atoms. The number of Topliss-reactive ketones (excluding diaryl/α,β-unsaturated/α-hetero) is 1.